The van der Waals surface area contributed by atoms with E-state index in [9.17, 15) is 0 Å². The minimum atomic E-state index is 0. The summed E-state index contributed by atoms with van der Waals surface area (Å²) in [6, 6.07) is 9.26. The zero-order valence-electron chi connectivity index (χ0n) is 6.91. The van der Waals surface area contributed by atoms with Gasteiger partial charge in [-0.25, -0.2) is 0 Å². The van der Waals surface area contributed by atoms with Gasteiger partial charge in [-0.2, -0.15) is 0 Å². The summed E-state index contributed by atoms with van der Waals surface area (Å²) >= 11 is 0. The topological polar surface area (TPSA) is 12.9 Å². The maximum Gasteiger partial charge on any atom is 0.00672 e. The van der Waals surface area contributed by atoms with Crippen LogP contribution >= 0.6 is 0 Å². The van der Waals surface area contributed by atoms with E-state index in [2.05, 4.69) is 24.0 Å². The quantitative estimate of drug-likeness (QED) is 0.634. The van der Waals surface area contributed by atoms with Crippen molar-refractivity contribution in [3.05, 3.63) is 42.2 Å². The maximum atomic E-state index is 4.01. The molecule has 0 saturated carbocycles. The Morgan fingerprint density at radius 1 is 1.42 bits per heavy atom. The molecule has 0 unspecified atom stereocenters. The van der Waals surface area contributed by atoms with Crippen LogP contribution < -0.4 is 0 Å². The van der Waals surface area contributed by atoms with Crippen LogP contribution in [-0.2, 0) is 32.7 Å². The molecular formula is C10H8NY-. The molecule has 2 aromatic rings. The van der Waals surface area contributed by atoms with Crippen LogP contribution in [0.4, 0.5) is 0 Å². The molecule has 1 aromatic heterocycles. The zero-order chi connectivity index (χ0) is 7.68. The van der Waals surface area contributed by atoms with E-state index in [1.54, 1.807) is 6.20 Å². The third-order valence-electron chi connectivity index (χ3n) is 1.69. The molecule has 57 valence electrons. The van der Waals surface area contributed by atoms with Gasteiger partial charge < -0.3 is 4.98 Å². The van der Waals surface area contributed by atoms with Crippen LogP contribution in [0, 0.1) is 13.0 Å². The molecule has 0 atom stereocenters. The van der Waals surface area contributed by atoms with Crippen LogP contribution in [0.2, 0.25) is 0 Å². The van der Waals surface area contributed by atoms with E-state index in [1.807, 2.05) is 18.3 Å². The van der Waals surface area contributed by atoms with Crippen molar-refractivity contribution in [2.24, 2.45) is 0 Å². The Hall–Kier alpha value is -0.266. The van der Waals surface area contributed by atoms with Crippen LogP contribution in [0.1, 0.15) is 5.56 Å². The fourth-order valence-electron chi connectivity index (χ4n) is 1.13. The van der Waals surface area contributed by atoms with Crippen molar-refractivity contribution in [2.75, 3.05) is 0 Å². The van der Waals surface area contributed by atoms with E-state index in [-0.39, 0.29) is 32.7 Å². The summed E-state index contributed by atoms with van der Waals surface area (Å²) in [5.41, 5.74) is 1.24. The Bertz CT molecular complexity index is 384. The molecule has 2 heteroatoms. The first-order chi connectivity index (χ1) is 5.36. The molecule has 1 heterocycles. The smallest absolute Gasteiger partial charge is 0.00672 e. The van der Waals surface area contributed by atoms with Gasteiger partial charge in [-0.05, 0) is 6.20 Å². The predicted molar refractivity (Wildman–Crippen MR) is 45.3 cm³/mol. The fraction of sp³-hybridized carbons (Fsp3) is 0.100. The average molecular weight is 231 g/mol. The molecule has 2 rings (SSSR count). The van der Waals surface area contributed by atoms with Gasteiger partial charge >= 0.3 is 0 Å². The van der Waals surface area contributed by atoms with E-state index in [0.717, 1.165) is 5.39 Å². The van der Waals surface area contributed by atoms with Crippen molar-refractivity contribution in [3.63, 3.8) is 0 Å². The molecular weight excluding hydrogens is 223 g/mol. The summed E-state index contributed by atoms with van der Waals surface area (Å²) in [6.45, 7) is 2.07. The van der Waals surface area contributed by atoms with Gasteiger partial charge in [-0.15, -0.1) is 34.5 Å². The van der Waals surface area contributed by atoms with Crippen molar-refractivity contribution >= 4 is 10.8 Å². The summed E-state index contributed by atoms with van der Waals surface area (Å²) in [6.07, 6.45) is 3.63. The number of hydrogen-bond acceptors (Lipinski definition) is 1. The summed E-state index contributed by atoms with van der Waals surface area (Å²) < 4.78 is 0. The molecule has 0 bridgehead atoms. The maximum absolute atomic E-state index is 4.01. The predicted octanol–water partition coefficient (Wildman–Crippen LogP) is 2.34. The van der Waals surface area contributed by atoms with Crippen molar-refractivity contribution in [2.45, 2.75) is 6.92 Å². The summed E-state index contributed by atoms with van der Waals surface area (Å²) in [7, 11) is 0. The number of rotatable bonds is 0. The Morgan fingerprint density at radius 3 is 3.08 bits per heavy atom. The number of hydrogen-bond donors (Lipinski definition) is 0. The molecule has 0 aliphatic heterocycles. The van der Waals surface area contributed by atoms with E-state index in [4.69, 9.17) is 0 Å². The van der Waals surface area contributed by atoms with E-state index in [0.29, 0.717) is 0 Å². The number of aromatic nitrogens is 1. The number of aryl methyl sites for hydroxylation is 1. The monoisotopic (exact) mass is 231 g/mol. The standard InChI is InChI=1S/C10H8N.Y/c1-8-2-3-10-7-11-5-4-9(10)6-8;/h2,4-7H,1H3;/q-1;. The first-order valence-corrected chi connectivity index (χ1v) is 3.58. The van der Waals surface area contributed by atoms with Gasteiger partial charge in [0.1, 0.15) is 0 Å². The normalized spacial score (nSPS) is 9.42. The van der Waals surface area contributed by atoms with Crippen LogP contribution in [0.15, 0.2) is 30.6 Å². The molecule has 1 aromatic carbocycles. The minimum absolute atomic E-state index is 0. The first kappa shape index (κ1) is 9.82. The summed E-state index contributed by atoms with van der Waals surface area (Å²) in [5.74, 6) is 0. The second-order valence-corrected chi connectivity index (χ2v) is 2.64. The molecule has 1 nitrogen and oxygen atoms in total. The Labute approximate surface area is 97.1 Å². The van der Waals surface area contributed by atoms with E-state index in [1.165, 1.54) is 10.9 Å². The Kier molecular flexibility index (Phi) is 3.36. The molecule has 0 aliphatic carbocycles. The Balaban J connectivity index is 0.000000720. The number of nitrogens with zero attached hydrogens (tertiary/aromatic N) is 1. The SMILES string of the molecule is Cc1c[c-]c2cnccc2c1.[Y]. The third-order valence-corrected chi connectivity index (χ3v) is 1.69. The Morgan fingerprint density at radius 2 is 2.25 bits per heavy atom. The van der Waals surface area contributed by atoms with Gasteiger partial charge in [0.2, 0.25) is 0 Å². The molecule has 0 aliphatic rings. The van der Waals surface area contributed by atoms with E-state index >= 15 is 0 Å². The second-order valence-electron chi connectivity index (χ2n) is 2.64. The van der Waals surface area contributed by atoms with Crippen molar-refractivity contribution in [1.29, 1.82) is 0 Å². The second kappa shape index (κ2) is 4.11. The largest absolute Gasteiger partial charge is 0.313 e. The van der Waals surface area contributed by atoms with Gasteiger partial charge in [0.15, 0.2) is 0 Å². The van der Waals surface area contributed by atoms with Crippen LogP contribution in [0.3, 0.4) is 0 Å². The summed E-state index contributed by atoms with van der Waals surface area (Å²) in [5, 5.41) is 2.29. The van der Waals surface area contributed by atoms with Gasteiger partial charge in [0.05, 0.1) is 0 Å². The van der Waals surface area contributed by atoms with E-state index < -0.39 is 0 Å². The molecule has 12 heavy (non-hydrogen) atoms. The van der Waals surface area contributed by atoms with Crippen molar-refractivity contribution < 1.29 is 32.7 Å². The van der Waals surface area contributed by atoms with Crippen molar-refractivity contribution in [1.82, 2.24) is 4.98 Å². The number of fused-ring (bicyclic) bond motifs is 1. The fourth-order valence-corrected chi connectivity index (χ4v) is 1.13. The average Bonchev–Trinajstić information content (AvgIpc) is 2.04. The van der Waals surface area contributed by atoms with Gasteiger partial charge in [0.25, 0.3) is 0 Å². The van der Waals surface area contributed by atoms with Crippen LogP contribution in [-0.4, -0.2) is 4.98 Å². The number of pyridine rings is 1. The third kappa shape index (κ3) is 1.91. The molecule has 0 saturated heterocycles. The van der Waals surface area contributed by atoms with Crippen molar-refractivity contribution in [3.8, 4) is 0 Å². The molecule has 0 N–H and O–H groups in total. The molecule has 1 radical (unpaired) electrons. The van der Waals surface area contributed by atoms with Gasteiger partial charge in [-0.3, -0.25) is 0 Å². The molecule has 0 spiro atoms. The van der Waals surface area contributed by atoms with Crippen LogP contribution in [0.5, 0.6) is 0 Å². The first-order valence-electron chi connectivity index (χ1n) is 3.58. The minimum Gasteiger partial charge on any atom is -0.313 e. The zero-order valence-corrected chi connectivity index (χ0v) is 9.75. The van der Waals surface area contributed by atoms with Crippen LogP contribution in [0.25, 0.3) is 10.8 Å². The van der Waals surface area contributed by atoms with Gasteiger partial charge in [0, 0.05) is 38.9 Å². The van der Waals surface area contributed by atoms with Gasteiger partial charge in [-0.1, -0.05) is 13.0 Å². The number of benzene rings is 1. The summed E-state index contributed by atoms with van der Waals surface area (Å²) in [4.78, 5) is 4.01. The molecule has 0 amide bonds. The molecule has 0 fully saturated rings.